The summed E-state index contributed by atoms with van der Waals surface area (Å²) in [7, 11) is 0. The third-order valence-electron chi connectivity index (χ3n) is 17.8. The van der Waals surface area contributed by atoms with Gasteiger partial charge in [0.1, 0.15) is 11.5 Å². The zero-order valence-electron chi connectivity index (χ0n) is 54.8. The van der Waals surface area contributed by atoms with Crippen LogP contribution in [0.4, 0.5) is 0 Å². The average molecular weight is 1200 g/mol. The standard InChI is InChI=1S/C84H102N4O2/c1-3-5-7-9-11-13-15-17-19-21-23-25-27-29-31-39-65-89-71-51-47-69(48-52-71)83-79-61-57-75(85-79)73(55-45-67-41-35-33-36-42-67)77-59-63-81(87-77)84(82-64-60-78(88-82)74(76-58-62-80(83)86-76)56-46-68-43-37-34-38-44-68)70-49-53-72(54-50-70)90-66-40-32-30-28-26-24-22-20-18-16-14-12-10-8-6-4-2/h33-38,41-44,47-54,57-64,85,88H,3-32,39-40,65-66H2,1-2H3. The lowest BCUT2D eigenvalue weighted by Gasteiger charge is -2.09. The van der Waals surface area contributed by atoms with E-state index in [0.29, 0.717) is 13.2 Å². The van der Waals surface area contributed by atoms with Crippen molar-refractivity contribution < 1.29 is 9.47 Å². The van der Waals surface area contributed by atoms with Crippen LogP contribution in [0.1, 0.15) is 264 Å². The highest BCUT2D eigenvalue weighted by molar-refractivity contribution is 5.95. The predicted octanol–water partition coefficient (Wildman–Crippen LogP) is 24.1. The van der Waals surface area contributed by atoms with E-state index in [1.807, 2.05) is 60.7 Å². The van der Waals surface area contributed by atoms with Gasteiger partial charge in [-0.05, 0) is 121 Å². The molecule has 0 radical (unpaired) electrons. The molecule has 0 aliphatic carbocycles. The summed E-state index contributed by atoms with van der Waals surface area (Å²) in [5, 5.41) is 0. The highest BCUT2D eigenvalue weighted by Crippen LogP contribution is 2.36. The molecule has 2 aliphatic rings. The van der Waals surface area contributed by atoms with Gasteiger partial charge in [-0.3, -0.25) is 0 Å². The second kappa shape index (κ2) is 38.7. The number of aromatic amines is 2. The second-order valence-electron chi connectivity index (χ2n) is 25.1. The zero-order chi connectivity index (χ0) is 61.9. The number of ether oxygens (including phenoxy) is 2. The van der Waals surface area contributed by atoms with Crippen LogP contribution in [-0.4, -0.2) is 33.1 Å². The van der Waals surface area contributed by atoms with Crippen LogP contribution in [0.15, 0.2) is 133 Å². The molecule has 3 aromatic heterocycles. The van der Waals surface area contributed by atoms with Crippen molar-refractivity contribution in [2.45, 2.75) is 219 Å². The van der Waals surface area contributed by atoms with Gasteiger partial charge in [0.25, 0.3) is 0 Å². The van der Waals surface area contributed by atoms with Crippen LogP contribution in [0.3, 0.4) is 0 Å². The summed E-state index contributed by atoms with van der Waals surface area (Å²) < 4.78 is 12.7. The first-order valence-electron chi connectivity index (χ1n) is 35.4. The smallest absolute Gasteiger partial charge is 0.119 e. The Hall–Kier alpha value is -7.80. The van der Waals surface area contributed by atoms with Crippen LogP contribution >= 0.6 is 0 Å². The van der Waals surface area contributed by atoms with Crippen molar-refractivity contribution in [3.05, 3.63) is 178 Å². The van der Waals surface area contributed by atoms with Gasteiger partial charge in [-0.2, -0.15) is 0 Å². The normalized spacial score (nSPS) is 11.6. The van der Waals surface area contributed by atoms with Gasteiger partial charge in [0.2, 0.25) is 0 Å². The molecule has 0 saturated carbocycles. The quantitative estimate of drug-likeness (QED) is 0.0299. The number of fused-ring (bicyclic) bond motifs is 8. The number of H-pyrrole nitrogens is 2. The third-order valence-corrected chi connectivity index (χ3v) is 17.8. The fourth-order valence-corrected chi connectivity index (χ4v) is 12.5. The van der Waals surface area contributed by atoms with Crippen molar-refractivity contribution in [2.24, 2.45) is 0 Å². The molecule has 0 atom stereocenters. The molecule has 0 spiro atoms. The van der Waals surface area contributed by atoms with Crippen LogP contribution in [0.25, 0.3) is 68.6 Å². The number of aromatic nitrogens is 4. The van der Waals surface area contributed by atoms with Crippen LogP contribution in [-0.2, 0) is 0 Å². The fourth-order valence-electron chi connectivity index (χ4n) is 12.5. The van der Waals surface area contributed by atoms with E-state index in [9.17, 15) is 0 Å². The lowest BCUT2D eigenvalue weighted by atomic mass is 10.0. The largest absolute Gasteiger partial charge is 0.494 e. The van der Waals surface area contributed by atoms with E-state index in [1.165, 1.54) is 193 Å². The number of hydrogen-bond donors (Lipinski definition) is 2. The van der Waals surface area contributed by atoms with Crippen LogP contribution in [0.2, 0.25) is 0 Å². The van der Waals surface area contributed by atoms with Crippen molar-refractivity contribution in [1.29, 1.82) is 0 Å². The van der Waals surface area contributed by atoms with Gasteiger partial charge in [0, 0.05) is 33.3 Å². The minimum Gasteiger partial charge on any atom is -0.494 e. The maximum atomic E-state index is 6.37. The predicted molar refractivity (Wildman–Crippen MR) is 385 cm³/mol. The molecule has 0 unspecified atom stereocenters. The minimum atomic E-state index is 0.714. The summed E-state index contributed by atoms with van der Waals surface area (Å²) in [5.74, 6) is 15.8. The van der Waals surface area contributed by atoms with E-state index >= 15 is 0 Å². The Bertz CT molecular complexity index is 3360. The molecule has 0 amide bonds. The third kappa shape index (κ3) is 21.7. The lowest BCUT2D eigenvalue weighted by Crippen LogP contribution is -1.97. The molecule has 6 heteroatoms. The van der Waals surface area contributed by atoms with E-state index < -0.39 is 0 Å². The molecule has 90 heavy (non-hydrogen) atoms. The Morgan fingerprint density at radius 1 is 0.289 bits per heavy atom. The molecule has 470 valence electrons. The summed E-state index contributed by atoms with van der Waals surface area (Å²) in [6, 6.07) is 45.9. The summed E-state index contributed by atoms with van der Waals surface area (Å²) in [6.45, 7) is 6.02. The summed E-state index contributed by atoms with van der Waals surface area (Å²) in [4.78, 5) is 18.6. The first kappa shape index (κ1) is 66.6. The van der Waals surface area contributed by atoms with Crippen molar-refractivity contribution in [1.82, 2.24) is 19.9 Å². The average Bonchev–Trinajstić information content (AvgIpc) is 1.78. The van der Waals surface area contributed by atoms with E-state index in [1.54, 1.807) is 0 Å². The Labute approximate surface area is 541 Å². The second-order valence-corrected chi connectivity index (χ2v) is 25.1. The molecule has 6 nitrogen and oxygen atoms in total. The lowest BCUT2D eigenvalue weighted by molar-refractivity contribution is 0.304. The Balaban J connectivity index is 0.925. The van der Waals surface area contributed by atoms with Gasteiger partial charge < -0.3 is 19.4 Å². The van der Waals surface area contributed by atoms with Gasteiger partial charge in [0.15, 0.2) is 0 Å². The highest BCUT2D eigenvalue weighted by Gasteiger charge is 2.18. The molecule has 7 aromatic rings. The molecule has 8 bridgehead atoms. The number of benzene rings is 4. The van der Waals surface area contributed by atoms with Gasteiger partial charge in [0.05, 0.1) is 58.1 Å². The topological polar surface area (TPSA) is 75.8 Å². The molecule has 0 fully saturated rings. The Kier molecular flexibility index (Phi) is 28.6. The monoisotopic (exact) mass is 1200 g/mol. The minimum absolute atomic E-state index is 0.714. The fraction of sp³-hybridized carbons (Fsp3) is 0.429. The molecule has 2 aliphatic heterocycles. The van der Waals surface area contributed by atoms with Crippen LogP contribution in [0.5, 0.6) is 11.5 Å². The SMILES string of the molecule is CCCCCCCCCCCCCCCCCCOc1ccc(-c2c3nc(c(C#Cc4ccccc4)c4ccc([nH]4)c(-c4ccc(OCCCCCCCCCCCCCCCCCC)cc4)c4nc(c(C#Cc5ccccc5)c5ccc2[nH]5)C=C4)C=C3)cc1. The first-order chi connectivity index (χ1) is 44.6. The number of hydrogen-bond acceptors (Lipinski definition) is 4. The number of nitrogens with one attached hydrogen (secondary N) is 2. The molecule has 4 aromatic carbocycles. The van der Waals surface area contributed by atoms with Crippen molar-refractivity contribution >= 4 is 46.4 Å². The number of unbranched alkanes of at least 4 members (excludes halogenated alkanes) is 30. The number of nitrogens with zero attached hydrogens (tertiary/aromatic N) is 2. The molecule has 5 heterocycles. The Morgan fingerprint density at radius 2 is 0.578 bits per heavy atom. The van der Waals surface area contributed by atoms with E-state index in [-0.39, 0.29) is 0 Å². The van der Waals surface area contributed by atoms with Crippen LogP contribution in [0, 0.1) is 23.7 Å². The van der Waals surface area contributed by atoms with Gasteiger partial charge in [-0.1, -0.05) is 291 Å². The first-order valence-corrected chi connectivity index (χ1v) is 35.4. The van der Waals surface area contributed by atoms with Crippen LogP contribution < -0.4 is 9.47 Å². The Morgan fingerprint density at radius 3 is 0.900 bits per heavy atom. The van der Waals surface area contributed by atoms with Gasteiger partial charge >= 0.3 is 0 Å². The van der Waals surface area contributed by atoms with Gasteiger partial charge in [-0.15, -0.1) is 0 Å². The highest BCUT2D eigenvalue weighted by atomic mass is 16.5. The summed E-state index contributed by atoms with van der Waals surface area (Å²) >= 11 is 0. The van der Waals surface area contributed by atoms with E-state index in [0.717, 1.165) is 114 Å². The molecule has 2 N–H and O–H groups in total. The maximum Gasteiger partial charge on any atom is 0.119 e. The van der Waals surface area contributed by atoms with Crippen molar-refractivity contribution in [2.75, 3.05) is 13.2 Å². The molecular formula is C84H102N4O2. The van der Waals surface area contributed by atoms with E-state index in [4.69, 9.17) is 19.4 Å². The molecule has 0 saturated heterocycles. The maximum absolute atomic E-state index is 6.37. The zero-order valence-corrected chi connectivity index (χ0v) is 54.8. The summed E-state index contributed by atoms with van der Waals surface area (Å²) in [5.41, 5.74) is 14.2. The molecule has 9 rings (SSSR count). The van der Waals surface area contributed by atoms with Crippen molar-refractivity contribution in [3.8, 4) is 57.4 Å². The summed E-state index contributed by atoms with van der Waals surface area (Å²) in [6.07, 6.45) is 51.7. The molecular weight excluding hydrogens is 1100 g/mol. The van der Waals surface area contributed by atoms with Gasteiger partial charge in [-0.25, -0.2) is 9.97 Å². The number of rotatable bonds is 38. The van der Waals surface area contributed by atoms with Crippen molar-refractivity contribution in [3.63, 3.8) is 0 Å². The van der Waals surface area contributed by atoms with E-state index in [2.05, 4.69) is 145 Å².